The van der Waals surface area contributed by atoms with Crippen LogP contribution in [0.15, 0.2) is 48.5 Å². The van der Waals surface area contributed by atoms with E-state index in [1.807, 2.05) is 0 Å². The van der Waals surface area contributed by atoms with Gasteiger partial charge in [0.05, 0.1) is 18.7 Å². The van der Waals surface area contributed by atoms with Crippen LogP contribution in [0.2, 0.25) is 0 Å². The van der Waals surface area contributed by atoms with E-state index < -0.39 is 33.9 Å². The lowest BCUT2D eigenvalue weighted by molar-refractivity contribution is -0.125. The third kappa shape index (κ3) is 6.87. The summed E-state index contributed by atoms with van der Waals surface area (Å²) in [5.41, 5.74) is 7.30. The van der Waals surface area contributed by atoms with E-state index in [1.54, 1.807) is 42.5 Å². The number of amides is 2. The zero-order valence-corrected chi connectivity index (χ0v) is 17.9. The van der Waals surface area contributed by atoms with Gasteiger partial charge in [0.1, 0.15) is 17.9 Å². The topological polar surface area (TPSA) is 133 Å². The first-order valence-corrected chi connectivity index (χ1v) is 11.2. The minimum Gasteiger partial charge on any atom is -0.370 e. The molecule has 164 valence electrons. The molecule has 0 aliphatic heterocycles. The number of hydrogen-bond acceptors (Lipinski definition) is 5. The highest BCUT2D eigenvalue weighted by Crippen LogP contribution is 2.21. The molecule has 2 aromatic rings. The Morgan fingerprint density at radius 1 is 1.13 bits per heavy atom. The molecule has 2 aromatic carbocycles. The van der Waals surface area contributed by atoms with Gasteiger partial charge in [0, 0.05) is 6.54 Å². The molecule has 0 unspecified atom stereocenters. The smallest absolute Gasteiger partial charge is 0.239 e. The largest absolute Gasteiger partial charge is 0.370 e. The van der Waals surface area contributed by atoms with Gasteiger partial charge in [-0.2, -0.15) is 9.57 Å². The summed E-state index contributed by atoms with van der Waals surface area (Å²) < 4.78 is 38.7. The molecule has 2 amide bonds. The zero-order valence-electron chi connectivity index (χ0n) is 17.1. The second kappa shape index (κ2) is 10.1. The highest BCUT2D eigenvalue weighted by molar-refractivity contribution is 7.88. The van der Waals surface area contributed by atoms with Crippen LogP contribution < -0.4 is 11.1 Å². The zero-order chi connectivity index (χ0) is 23.2. The van der Waals surface area contributed by atoms with Gasteiger partial charge in [-0.25, -0.2) is 12.8 Å². The molecule has 0 bridgehead atoms. The van der Waals surface area contributed by atoms with Crippen molar-refractivity contribution in [1.29, 1.82) is 5.26 Å². The maximum absolute atomic E-state index is 13.1. The third-order valence-corrected chi connectivity index (χ3v) is 5.88. The number of nitrogens with zero attached hydrogens (tertiary/aromatic N) is 2. The van der Waals surface area contributed by atoms with Crippen molar-refractivity contribution in [3.63, 3.8) is 0 Å². The number of benzene rings is 2. The lowest BCUT2D eigenvalue weighted by Gasteiger charge is -2.27. The van der Waals surface area contributed by atoms with Crippen molar-refractivity contribution in [3.8, 4) is 17.2 Å². The summed E-state index contributed by atoms with van der Waals surface area (Å²) in [6.45, 7) is 1.31. The van der Waals surface area contributed by atoms with Crippen LogP contribution in [-0.2, 0) is 26.2 Å². The molecule has 0 aliphatic rings. The summed E-state index contributed by atoms with van der Waals surface area (Å²) >= 11 is 0. The van der Waals surface area contributed by atoms with E-state index in [1.165, 1.54) is 19.1 Å². The summed E-state index contributed by atoms with van der Waals surface area (Å²) in [6.07, 6.45) is 0.605. The molecular formula is C21H23FN4O4S. The fourth-order valence-corrected chi connectivity index (χ4v) is 3.97. The quantitative estimate of drug-likeness (QED) is 0.603. The van der Waals surface area contributed by atoms with Gasteiger partial charge in [0.2, 0.25) is 21.8 Å². The van der Waals surface area contributed by atoms with E-state index in [9.17, 15) is 22.4 Å². The number of nitriles is 1. The van der Waals surface area contributed by atoms with E-state index in [-0.39, 0.29) is 18.8 Å². The Labute approximate surface area is 180 Å². The average Bonchev–Trinajstić information content (AvgIpc) is 2.70. The molecule has 0 heterocycles. The molecule has 0 aromatic heterocycles. The Hall–Kier alpha value is -3.29. The van der Waals surface area contributed by atoms with Gasteiger partial charge in [-0.05, 0) is 35.7 Å². The van der Waals surface area contributed by atoms with Crippen LogP contribution in [0.3, 0.4) is 0 Å². The summed E-state index contributed by atoms with van der Waals surface area (Å²) in [7, 11) is -3.78. The molecule has 0 fully saturated rings. The van der Waals surface area contributed by atoms with E-state index in [0.717, 1.165) is 21.7 Å². The molecule has 2 rings (SSSR count). The van der Waals surface area contributed by atoms with Crippen LogP contribution in [-0.4, -0.2) is 42.9 Å². The van der Waals surface area contributed by atoms with Gasteiger partial charge in [-0.15, -0.1) is 0 Å². The Bertz CT molecular complexity index is 1080. The lowest BCUT2D eigenvalue weighted by atomic mass is 10.0. The van der Waals surface area contributed by atoms with Gasteiger partial charge in [-0.1, -0.05) is 36.4 Å². The molecular weight excluding hydrogens is 423 g/mol. The van der Waals surface area contributed by atoms with Crippen LogP contribution in [0.1, 0.15) is 18.9 Å². The molecule has 0 aliphatic carbocycles. The molecule has 0 spiro atoms. The van der Waals surface area contributed by atoms with Crippen LogP contribution in [0.25, 0.3) is 11.1 Å². The van der Waals surface area contributed by atoms with Crippen molar-refractivity contribution >= 4 is 21.8 Å². The second-order valence-corrected chi connectivity index (χ2v) is 8.98. The number of nitrogens with two attached hydrogens (primary N) is 1. The maximum atomic E-state index is 13.1. The fourth-order valence-electron chi connectivity index (χ4n) is 2.92. The van der Waals surface area contributed by atoms with E-state index >= 15 is 0 Å². The van der Waals surface area contributed by atoms with Crippen LogP contribution >= 0.6 is 0 Å². The van der Waals surface area contributed by atoms with Gasteiger partial charge in [0.25, 0.3) is 0 Å². The van der Waals surface area contributed by atoms with E-state index in [2.05, 4.69) is 5.32 Å². The number of hydrogen-bond donors (Lipinski definition) is 2. The first-order valence-electron chi connectivity index (χ1n) is 9.31. The average molecular weight is 447 g/mol. The molecule has 2 atom stereocenters. The number of carbonyl (C=O) groups is 2. The van der Waals surface area contributed by atoms with Crippen molar-refractivity contribution in [3.05, 3.63) is 59.9 Å². The minimum absolute atomic E-state index is 0.0792. The second-order valence-electron chi connectivity index (χ2n) is 7.05. The monoisotopic (exact) mass is 446 g/mol. The maximum Gasteiger partial charge on any atom is 0.239 e. The Morgan fingerprint density at radius 3 is 2.10 bits per heavy atom. The van der Waals surface area contributed by atoms with Crippen molar-refractivity contribution in [2.75, 3.05) is 6.26 Å². The minimum atomic E-state index is -3.78. The SMILES string of the molecule is C[C@@H](C(=O)N[C@H](C#N)CC(N)=O)N(Cc1ccc(-c2ccc(F)cc2)cc1)S(C)(=O)=O. The first-order chi connectivity index (χ1) is 14.5. The first kappa shape index (κ1) is 24.0. The van der Waals surface area contributed by atoms with Gasteiger partial charge in [-0.3, -0.25) is 9.59 Å². The Morgan fingerprint density at radius 2 is 1.65 bits per heavy atom. The summed E-state index contributed by atoms with van der Waals surface area (Å²) in [4.78, 5) is 23.5. The highest BCUT2D eigenvalue weighted by atomic mass is 32.2. The molecule has 0 radical (unpaired) electrons. The molecule has 8 nitrogen and oxygen atoms in total. The van der Waals surface area contributed by atoms with Gasteiger partial charge >= 0.3 is 0 Å². The standard InChI is InChI=1S/C21H23FN4O4S/c1-14(21(28)25-19(12-23)11-20(24)27)26(31(2,29)30)13-15-3-5-16(6-4-15)17-7-9-18(22)10-8-17/h3-10,14,19H,11,13H2,1-2H3,(H2,24,27)(H,25,28)/t14-,19-/m0/s1. The molecule has 0 saturated carbocycles. The molecule has 0 saturated heterocycles. The number of primary amides is 1. The fraction of sp³-hybridized carbons (Fsp3) is 0.286. The van der Waals surface area contributed by atoms with Crippen LogP contribution in [0, 0.1) is 17.1 Å². The van der Waals surface area contributed by atoms with E-state index in [4.69, 9.17) is 11.0 Å². The van der Waals surface area contributed by atoms with Crippen molar-refractivity contribution < 1.29 is 22.4 Å². The number of nitrogens with one attached hydrogen (secondary N) is 1. The van der Waals surface area contributed by atoms with Crippen molar-refractivity contribution in [2.45, 2.75) is 32.0 Å². The summed E-state index contributed by atoms with van der Waals surface area (Å²) in [6, 6.07) is 12.4. The Balaban J connectivity index is 2.17. The van der Waals surface area contributed by atoms with Crippen LogP contribution in [0.5, 0.6) is 0 Å². The van der Waals surface area contributed by atoms with Crippen molar-refractivity contribution in [1.82, 2.24) is 9.62 Å². The van der Waals surface area contributed by atoms with Gasteiger partial charge in [0.15, 0.2) is 0 Å². The van der Waals surface area contributed by atoms with E-state index in [0.29, 0.717) is 5.56 Å². The normalized spacial score (nSPS) is 13.3. The molecule has 10 heteroatoms. The van der Waals surface area contributed by atoms with Gasteiger partial charge < -0.3 is 11.1 Å². The number of carbonyl (C=O) groups excluding carboxylic acids is 2. The lowest BCUT2D eigenvalue weighted by Crippen LogP contribution is -2.50. The number of sulfonamides is 1. The predicted octanol–water partition coefficient (Wildman–Crippen LogP) is 1.53. The van der Waals surface area contributed by atoms with Crippen LogP contribution in [0.4, 0.5) is 4.39 Å². The Kier molecular flexibility index (Phi) is 7.85. The molecule has 31 heavy (non-hydrogen) atoms. The number of halogens is 1. The third-order valence-electron chi connectivity index (χ3n) is 4.58. The predicted molar refractivity (Wildman–Crippen MR) is 113 cm³/mol. The summed E-state index contributed by atoms with van der Waals surface area (Å²) in [5.74, 6) is -1.83. The summed E-state index contributed by atoms with van der Waals surface area (Å²) in [5, 5.41) is 11.4. The highest BCUT2D eigenvalue weighted by Gasteiger charge is 2.30. The number of rotatable bonds is 9. The molecule has 3 N–H and O–H groups in total. The van der Waals surface area contributed by atoms with Crippen molar-refractivity contribution in [2.24, 2.45) is 5.73 Å².